The van der Waals surface area contributed by atoms with E-state index in [2.05, 4.69) is 49.8 Å². The number of likely N-dealkylation sites (N-methyl/N-ethyl adjacent to an activating group) is 1. The molecule has 0 aliphatic carbocycles. The molecule has 1 fully saturated rings. The lowest BCUT2D eigenvalue weighted by molar-refractivity contribution is 0.248. The minimum absolute atomic E-state index is 0.710. The number of hydrogen-bond acceptors (Lipinski definition) is 3. The molecule has 0 bridgehead atoms. The lowest BCUT2D eigenvalue weighted by Crippen LogP contribution is -2.40. The van der Waals surface area contributed by atoms with Gasteiger partial charge in [-0.25, -0.2) is 0 Å². The molecule has 3 atom stereocenters. The van der Waals surface area contributed by atoms with Gasteiger partial charge < -0.3 is 10.2 Å². The van der Waals surface area contributed by atoms with E-state index in [4.69, 9.17) is 0 Å². The number of hydrogen-bond donors (Lipinski definition) is 1. The van der Waals surface area contributed by atoms with Crippen molar-refractivity contribution >= 4 is 11.8 Å². The van der Waals surface area contributed by atoms with Crippen LogP contribution in [0.1, 0.15) is 33.6 Å². The fraction of sp³-hybridized carbons (Fsp3) is 1.00. The van der Waals surface area contributed by atoms with Gasteiger partial charge in [-0.2, -0.15) is 11.8 Å². The highest BCUT2D eigenvalue weighted by atomic mass is 32.2. The van der Waals surface area contributed by atoms with Gasteiger partial charge in [0, 0.05) is 30.4 Å². The highest BCUT2D eigenvalue weighted by molar-refractivity contribution is 8.00. The molecule has 2 nitrogen and oxygen atoms in total. The Kier molecular flexibility index (Phi) is 6.02. The van der Waals surface area contributed by atoms with Crippen LogP contribution in [0.2, 0.25) is 0 Å². The molecule has 3 unspecified atom stereocenters. The van der Waals surface area contributed by atoms with E-state index in [0.29, 0.717) is 6.04 Å². The molecule has 0 aromatic rings. The zero-order valence-corrected chi connectivity index (χ0v) is 11.4. The first-order chi connectivity index (χ1) is 7.15. The third-order valence-corrected chi connectivity index (χ3v) is 4.92. The van der Waals surface area contributed by atoms with Crippen molar-refractivity contribution in [3.8, 4) is 0 Å². The van der Waals surface area contributed by atoms with Crippen molar-refractivity contribution in [3.63, 3.8) is 0 Å². The molecule has 1 aliphatic rings. The summed E-state index contributed by atoms with van der Waals surface area (Å²) in [7, 11) is 2.22. The van der Waals surface area contributed by atoms with Crippen molar-refractivity contribution < 1.29 is 0 Å². The molecule has 0 amide bonds. The zero-order valence-electron chi connectivity index (χ0n) is 10.6. The van der Waals surface area contributed by atoms with Crippen molar-refractivity contribution in [2.75, 3.05) is 25.9 Å². The molecular formula is C12H26N2S. The fourth-order valence-electron chi connectivity index (χ4n) is 1.96. The van der Waals surface area contributed by atoms with E-state index in [-0.39, 0.29) is 0 Å². The molecule has 0 saturated carbocycles. The van der Waals surface area contributed by atoms with Crippen LogP contribution in [-0.4, -0.2) is 48.1 Å². The lowest BCUT2D eigenvalue weighted by Gasteiger charge is -2.25. The van der Waals surface area contributed by atoms with E-state index in [1.807, 2.05) is 0 Å². The molecule has 1 saturated heterocycles. The van der Waals surface area contributed by atoms with E-state index in [9.17, 15) is 0 Å². The van der Waals surface area contributed by atoms with Crippen molar-refractivity contribution in [1.82, 2.24) is 10.2 Å². The van der Waals surface area contributed by atoms with Crippen LogP contribution in [0, 0.1) is 0 Å². The van der Waals surface area contributed by atoms with Crippen LogP contribution in [0.25, 0.3) is 0 Å². The van der Waals surface area contributed by atoms with Crippen LogP contribution in [0.15, 0.2) is 0 Å². The molecule has 3 heteroatoms. The largest absolute Gasteiger partial charge is 0.312 e. The third-order valence-electron chi connectivity index (χ3n) is 3.59. The summed E-state index contributed by atoms with van der Waals surface area (Å²) >= 11 is 2.10. The normalized spacial score (nSPS) is 28.6. The number of nitrogens with zero attached hydrogens (tertiary/aromatic N) is 1. The Bertz CT molecular complexity index is 175. The first-order valence-corrected chi connectivity index (χ1v) is 7.25. The van der Waals surface area contributed by atoms with Crippen molar-refractivity contribution in [3.05, 3.63) is 0 Å². The second kappa shape index (κ2) is 6.77. The Morgan fingerprint density at radius 1 is 1.53 bits per heavy atom. The topological polar surface area (TPSA) is 15.3 Å². The average Bonchev–Trinajstić information content (AvgIpc) is 2.63. The van der Waals surface area contributed by atoms with Gasteiger partial charge in [-0.1, -0.05) is 13.8 Å². The summed E-state index contributed by atoms with van der Waals surface area (Å²) in [5.74, 6) is 1.33. The summed E-state index contributed by atoms with van der Waals surface area (Å²) in [4.78, 5) is 2.44. The van der Waals surface area contributed by atoms with Crippen LogP contribution in [0.3, 0.4) is 0 Å². The van der Waals surface area contributed by atoms with E-state index < -0.39 is 0 Å². The highest BCUT2D eigenvalue weighted by Gasteiger charge is 2.22. The molecule has 0 aromatic carbocycles. The molecule has 1 aliphatic heterocycles. The van der Waals surface area contributed by atoms with E-state index in [1.54, 1.807) is 0 Å². The second-order valence-corrected chi connectivity index (χ2v) is 6.15. The van der Waals surface area contributed by atoms with Crippen LogP contribution in [-0.2, 0) is 0 Å². The molecule has 1 N–H and O–H groups in total. The molecule has 15 heavy (non-hydrogen) atoms. The summed E-state index contributed by atoms with van der Waals surface area (Å²) in [5.41, 5.74) is 0. The van der Waals surface area contributed by atoms with Crippen molar-refractivity contribution in [2.24, 2.45) is 0 Å². The van der Waals surface area contributed by atoms with Gasteiger partial charge in [0.1, 0.15) is 0 Å². The number of nitrogens with one attached hydrogen (secondary N) is 1. The van der Waals surface area contributed by atoms with E-state index >= 15 is 0 Å². The Morgan fingerprint density at radius 3 is 2.80 bits per heavy atom. The minimum atomic E-state index is 0.710. The summed E-state index contributed by atoms with van der Waals surface area (Å²) in [5, 5.41) is 4.48. The van der Waals surface area contributed by atoms with Crippen LogP contribution in [0.4, 0.5) is 0 Å². The summed E-state index contributed by atoms with van der Waals surface area (Å²) in [6.07, 6.45) is 2.59. The maximum atomic E-state index is 3.68. The lowest BCUT2D eigenvalue weighted by atomic mass is 10.2. The van der Waals surface area contributed by atoms with Crippen LogP contribution < -0.4 is 5.32 Å². The Morgan fingerprint density at radius 2 is 2.27 bits per heavy atom. The van der Waals surface area contributed by atoms with Crippen molar-refractivity contribution in [2.45, 2.75) is 50.9 Å². The Balaban J connectivity index is 2.10. The summed E-state index contributed by atoms with van der Waals surface area (Å²) in [6, 6.07) is 1.46. The van der Waals surface area contributed by atoms with Gasteiger partial charge in [-0.15, -0.1) is 0 Å². The van der Waals surface area contributed by atoms with Gasteiger partial charge in [0.05, 0.1) is 0 Å². The molecular weight excluding hydrogens is 204 g/mol. The smallest absolute Gasteiger partial charge is 0.0192 e. The molecule has 0 spiro atoms. The first-order valence-electron chi connectivity index (χ1n) is 6.20. The summed E-state index contributed by atoms with van der Waals surface area (Å²) in [6.45, 7) is 9.20. The molecule has 90 valence electrons. The number of rotatable bonds is 6. The molecule has 0 radical (unpaired) electrons. The number of thioether (sulfide) groups is 1. The zero-order chi connectivity index (χ0) is 11.3. The van der Waals surface area contributed by atoms with Gasteiger partial charge >= 0.3 is 0 Å². The standard InChI is InChI=1S/C12H26N2S/c1-5-10(2)14(4)8-7-13-12-6-9-15-11(12)3/h10-13H,5-9H2,1-4H3. The third kappa shape index (κ3) is 4.33. The van der Waals surface area contributed by atoms with Crippen LogP contribution in [0.5, 0.6) is 0 Å². The monoisotopic (exact) mass is 230 g/mol. The Hall–Kier alpha value is 0.270. The van der Waals surface area contributed by atoms with E-state index in [0.717, 1.165) is 17.8 Å². The quantitative estimate of drug-likeness (QED) is 0.753. The maximum Gasteiger partial charge on any atom is 0.0192 e. The SMILES string of the molecule is CCC(C)N(C)CCNC1CCSC1C. The van der Waals surface area contributed by atoms with Gasteiger partial charge in [0.2, 0.25) is 0 Å². The average molecular weight is 230 g/mol. The van der Waals surface area contributed by atoms with Gasteiger partial charge in [0.25, 0.3) is 0 Å². The predicted octanol–water partition coefficient (Wildman–Crippen LogP) is 2.20. The van der Waals surface area contributed by atoms with Gasteiger partial charge in [0.15, 0.2) is 0 Å². The predicted molar refractivity (Wildman–Crippen MR) is 70.7 cm³/mol. The summed E-state index contributed by atoms with van der Waals surface area (Å²) < 4.78 is 0. The molecule has 1 rings (SSSR count). The highest BCUT2D eigenvalue weighted by Crippen LogP contribution is 2.25. The Labute approximate surface area is 99.2 Å². The van der Waals surface area contributed by atoms with Gasteiger partial charge in [-0.05, 0) is 32.6 Å². The van der Waals surface area contributed by atoms with Gasteiger partial charge in [-0.3, -0.25) is 0 Å². The fourth-order valence-corrected chi connectivity index (χ4v) is 3.18. The van der Waals surface area contributed by atoms with E-state index in [1.165, 1.54) is 25.1 Å². The minimum Gasteiger partial charge on any atom is -0.312 e. The maximum absolute atomic E-state index is 3.68. The molecule has 0 aromatic heterocycles. The molecule has 1 heterocycles. The first kappa shape index (κ1) is 13.3. The van der Waals surface area contributed by atoms with Crippen molar-refractivity contribution in [1.29, 1.82) is 0 Å². The van der Waals surface area contributed by atoms with Crippen LogP contribution >= 0.6 is 11.8 Å². The second-order valence-electron chi connectivity index (χ2n) is 4.66.